The molecular weight excluding hydrogens is 382 g/mol. The van der Waals surface area contributed by atoms with Crippen molar-refractivity contribution in [3.63, 3.8) is 0 Å². The van der Waals surface area contributed by atoms with E-state index in [4.69, 9.17) is 20.9 Å². The monoisotopic (exact) mass is 427 g/mol. The lowest BCUT2D eigenvalue weighted by atomic mass is 10.1. The van der Waals surface area contributed by atoms with Gasteiger partial charge in [0.05, 0.1) is 18.6 Å². The molecule has 0 aromatic heterocycles. The van der Waals surface area contributed by atoms with E-state index in [9.17, 15) is 4.79 Å². The SMILES string of the molecule is CN(C)CCN.CN(C)CCNC(=O)CC[C@H]1CCC=CO1.NC[C@H]1CCC=CO1. The van der Waals surface area contributed by atoms with Gasteiger partial charge in [-0.25, -0.2) is 0 Å². The van der Waals surface area contributed by atoms with Crippen LogP contribution in [0, 0.1) is 0 Å². The van der Waals surface area contributed by atoms with E-state index >= 15 is 0 Å². The second kappa shape index (κ2) is 19.4. The van der Waals surface area contributed by atoms with E-state index in [-0.39, 0.29) is 18.1 Å². The van der Waals surface area contributed by atoms with Crippen molar-refractivity contribution in [1.29, 1.82) is 0 Å². The van der Waals surface area contributed by atoms with E-state index in [0.717, 1.165) is 58.3 Å². The van der Waals surface area contributed by atoms with E-state index in [0.29, 0.717) is 13.0 Å². The van der Waals surface area contributed by atoms with Crippen LogP contribution in [0.25, 0.3) is 0 Å². The first-order chi connectivity index (χ1) is 14.4. The van der Waals surface area contributed by atoms with Crippen LogP contribution in [0.1, 0.15) is 38.5 Å². The van der Waals surface area contributed by atoms with Crippen molar-refractivity contribution in [3.05, 3.63) is 24.7 Å². The highest BCUT2D eigenvalue weighted by atomic mass is 16.5. The number of amides is 1. The van der Waals surface area contributed by atoms with E-state index in [1.165, 1.54) is 0 Å². The van der Waals surface area contributed by atoms with Gasteiger partial charge in [-0.1, -0.05) is 0 Å². The first-order valence-corrected chi connectivity index (χ1v) is 11.0. The van der Waals surface area contributed by atoms with Crippen LogP contribution in [0.3, 0.4) is 0 Å². The van der Waals surface area contributed by atoms with Crippen LogP contribution in [0.2, 0.25) is 0 Å². The smallest absolute Gasteiger partial charge is 0.220 e. The molecule has 30 heavy (non-hydrogen) atoms. The minimum absolute atomic E-state index is 0.125. The summed E-state index contributed by atoms with van der Waals surface area (Å²) in [7, 11) is 8.00. The standard InChI is InChI=1S/C12H22N2O2.C6H11NO.C4H12N2/c1-14(2)9-8-13-12(15)7-6-11-5-3-4-10-16-11;7-5-6-3-1-2-4-8-6;1-6(2)4-3-5/h4,10-11H,3,5-9H2,1-2H3,(H,13,15);2,4,6H,1,3,5,7H2;3-5H2,1-2H3/t11-;6-;/m11./s1. The molecule has 0 fully saturated rings. The van der Waals surface area contributed by atoms with E-state index < -0.39 is 0 Å². The Kier molecular flexibility index (Phi) is 18.3. The number of carbonyl (C=O) groups is 1. The highest BCUT2D eigenvalue weighted by Crippen LogP contribution is 2.14. The summed E-state index contributed by atoms with van der Waals surface area (Å²) >= 11 is 0. The molecule has 2 aliphatic rings. The lowest BCUT2D eigenvalue weighted by molar-refractivity contribution is -0.121. The molecule has 8 nitrogen and oxygen atoms in total. The third kappa shape index (κ3) is 18.4. The van der Waals surface area contributed by atoms with Crippen LogP contribution in [-0.4, -0.2) is 88.8 Å². The zero-order chi connectivity index (χ0) is 22.6. The summed E-state index contributed by atoms with van der Waals surface area (Å²) in [6.45, 7) is 3.99. The van der Waals surface area contributed by atoms with Gasteiger partial charge in [0.1, 0.15) is 6.10 Å². The zero-order valence-electron chi connectivity index (χ0n) is 19.5. The number of ether oxygens (including phenoxy) is 2. The topological polar surface area (TPSA) is 106 Å². The molecule has 1 amide bonds. The van der Waals surface area contributed by atoms with Gasteiger partial charge in [0.25, 0.3) is 0 Å². The molecule has 0 radical (unpaired) electrons. The minimum Gasteiger partial charge on any atom is -0.498 e. The molecule has 2 rings (SSSR count). The quantitative estimate of drug-likeness (QED) is 0.509. The average molecular weight is 428 g/mol. The molecular formula is C22H45N5O3. The fourth-order valence-corrected chi connectivity index (χ4v) is 2.61. The normalized spacial score (nSPS) is 19.7. The van der Waals surface area contributed by atoms with Crippen LogP contribution < -0.4 is 16.8 Å². The summed E-state index contributed by atoms with van der Waals surface area (Å²) in [6, 6.07) is 0. The summed E-state index contributed by atoms with van der Waals surface area (Å²) in [4.78, 5) is 15.6. The third-order valence-corrected chi connectivity index (χ3v) is 4.46. The van der Waals surface area contributed by atoms with Gasteiger partial charge in [-0.3, -0.25) is 4.79 Å². The Hall–Kier alpha value is -1.61. The molecule has 0 aromatic carbocycles. The Morgan fingerprint density at radius 3 is 1.90 bits per heavy atom. The van der Waals surface area contributed by atoms with Gasteiger partial charge in [0.2, 0.25) is 5.91 Å². The minimum atomic E-state index is 0.125. The van der Waals surface area contributed by atoms with Gasteiger partial charge in [0, 0.05) is 39.1 Å². The average Bonchev–Trinajstić information content (AvgIpc) is 2.74. The van der Waals surface area contributed by atoms with E-state index in [1.54, 1.807) is 12.5 Å². The van der Waals surface area contributed by atoms with Crippen molar-refractivity contribution in [3.8, 4) is 0 Å². The molecule has 0 bridgehead atoms. The lowest BCUT2D eigenvalue weighted by Crippen LogP contribution is -2.31. The molecule has 0 unspecified atom stereocenters. The van der Waals surface area contributed by atoms with Crippen LogP contribution in [0.4, 0.5) is 0 Å². The largest absolute Gasteiger partial charge is 0.498 e. The number of nitrogens with one attached hydrogen (secondary N) is 1. The van der Waals surface area contributed by atoms with Gasteiger partial charge in [-0.15, -0.1) is 0 Å². The van der Waals surface area contributed by atoms with Crippen LogP contribution in [0.5, 0.6) is 0 Å². The van der Waals surface area contributed by atoms with Crippen LogP contribution in [0.15, 0.2) is 24.7 Å². The second-order valence-corrected chi connectivity index (χ2v) is 7.93. The van der Waals surface area contributed by atoms with Crippen molar-refractivity contribution in [2.45, 2.75) is 50.7 Å². The van der Waals surface area contributed by atoms with Crippen molar-refractivity contribution < 1.29 is 14.3 Å². The predicted molar refractivity (Wildman–Crippen MR) is 124 cm³/mol. The fourth-order valence-electron chi connectivity index (χ4n) is 2.61. The van der Waals surface area contributed by atoms with E-state index in [1.807, 2.05) is 40.3 Å². The van der Waals surface area contributed by atoms with Crippen molar-refractivity contribution in [2.24, 2.45) is 11.5 Å². The van der Waals surface area contributed by atoms with Gasteiger partial charge in [-0.05, 0) is 72.4 Å². The third-order valence-electron chi connectivity index (χ3n) is 4.46. The molecule has 2 aliphatic heterocycles. The number of likely N-dealkylation sites (N-methyl/N-ethyl adjacent to an activating group) is 2. The Morgan fingerprint density at radius 2 is 1.53 bits per heavy atom. The Morgan fingerprint density at radius 1 is 0.967 bits per heavy atom. The lowest BCUT2D eigenvalue weighted by Gasteiger charge is -2.19. The summed E-state index contributed by atoms with van der Waals surface area (Å²) < 4.78 is 10.5. The Balaban J connectivity index is 0.000000497. The highest BCUT2D eigenvalue weighted by molar-refractivity contribution is 5.75. The molecule has 8 heteroatoms. The second-order valence-electron chi connectivity index (χ2n) is 7.93. The van der Waals surface area contributed by atoms with Crippen LogP contribution >= 0.6 is 0 Å². The molecule has 176 valence electrons. The number of rotatable bonds is 9. The molecule has 0 aliphatic carbocycles. The summed E-state index contributed by atoms with van der Waals surface area (Å²) in [5.74, 6) is 0.125. The zero-order valence-corrected chi connectivity index (χ0v) is 19.5. The summed E-state index contributed by atoms with van der Waals surface area (Å²) in [5, 5.41) is 2.90. The highest BCUT2D eigenvalue weighted by Gasteiger charge is 2.12. The van der Waals surface area contributed by atoms with E-state index in [2.05, 4.69) is 15.1 Å². The maximum Gasteiger partial charge on any atom is 0.220 e. The van der Waals surface area contributed by atoms with Gasteiger partial charge >= 0.3 is 0 Å². The maximum absolute atomic E-state index is 11.5. The first kappa shape index (κ1) is 28.4. The van der Waals surface area contributed by atoms with Crippen LogP contribution in [-0.2, 0) is 14.3 Å². The van der Waals surface area contributed by atoms with Gasteiger partial charge in [-0.2, -0.15) is 0 Å². The van der Waals surface area contributed by atoms with Crippen molar-refractivity contribution in [2.75, 3.05) is 60.9 Å². The molecule has 0 spiro atoms. The number of hydrogen-bond acceptors (Lipinski definition) is 7. The van der Waals surface area contributed by atoms with Crippen molar-refractivity contribution >= 4 is 5.91 Å². The Labute approximate surface area is 183 Å². The molecule has 2 heterocycles. The number of nitrogens with zero attached hydrogens (tertiary/aromatic N) is 2. The number of carbonyl (C=O) groups excluding carboxylic acids is 1. The molecule has 5 N–H and O–H groups in total. The summed E-state index contributed by atoms with van der Waals surface area (Å²) in [6.07, 6.45) is 13.7. The first-order valence-electron chi connectivity index (χ1n) is 11.0. The number of hydrogen-bond donors (Lipinski definition) is 3. The summed E-state index contributed by atoms with van der Waals surface area (Å²) in [5.41, 5.74) is 10.5. The fraction of sp³-hybridized carbons (Fsp3) is 0.773. The Bertz CT molecular complexity index is 470. The van der Waals surface area contributed by atoms with Gasteiger partial charge < -0.3 is 36.1 Å². The van der Waals surface area contributed by atoms with Gasteiger partial charge in [0.15, 0.2) is 0 Å². The maximum atomic E-state index is 11.5. The molecule has 0 saturated heterocycles. The number of allylic oxidation sites excluding steroid dienone is 2. The molecule has 0 saturated carbocycles. The van der Waals surface area contributed by atoms with Crippen molar-refractivity contribution in [1.82, 2.24) is 15.1 Å². The molecule has 0 aromatic rings. The number of nitrogens with two attached hydrogens (primary N) is 2. The predicted octanol–water partition coefficient (Wildman–Crippen LogP) is 1.28. The molecule has 2 atom stereocenters.